The number of carboxylic acid groups (broad SMARTS) is 1. The van der Waals surface area contributed by atoms with Crippen LogP contribution < -0.4 is 0 Å². The highest BCUT2D eigenvalue weighted by molar-refractivity contribution is 5.67. The van der Waals surface area contributed by atoms with Crippen molar-refractivity contribution < 1.29 is 9.90 Å². The first-order valence-electron chi connectivity index (χ1n) is 3.70. The molecule has 0 saturated carbocycles. The summed E-state index contributed by atoms with van der Waals surface area (Å²) < 4.78 is 0. The van der Waals surface area contributed by atoms with E-state index in [-0.39, 0.29) is 6.42 Å². The van der Waals surface area contributed by atoms with Crippen molar-refractivity contribution in [2.45, 2.75) is 19.8 Å². The van der Waals surface area contributed by atoms with E-state index in [4.69, 9.17) is 11.5 Å². The van der Waals surface area contributed by atoms with Crippen LogP contribution in [0, 0.1) is 12.3 Å². The first-order chi connectivity index (χ1) is 5.70. The van der Waals surface area contributed by atoms with Crippen molar-refractivity contribution in [2.24, 2.45) is 0 Å². The van der Waals surface area contributed by atoms with Gasteiger partial charge in [0.2, 0.25) is 0 Å². The van der Waals surface area contributed by atoms with Crippen LogP contribution in [0.2, 0.25) is 0 Å². The van der Waals surface area contributed by atoms with Crippen molar-refractivity contribution in [3.05, 3.63) is 23.8 Å². The Bertz CT molecular complexity index is 241. The molecule has 0 fully saturated rings. The van der Waals surface area contributed by atoms with E-state index >= 15 is 0 Å². The fourth-order valence-corrected chi connectivity index (χ4v) is 0.730. The molecule has 0 aliphatic heterocycles. The summed E-state index contributed by atoms with van der Waals surface area (Å²) in [6.45, 7) is 1.86. The second kappa shape index (κ2) is 6.23. The lowest BCUT2D eigenvalue weighted by molar-refractivity contribution is -0.136. The third kappa shape index (κ3) is 5.31. The van der Waals surface area contributed by atoms with E-state index in [1.807, 2.05) is 13.0 Å². The Balaban J connectivity index is 3.96. The highest BCUT2D eigenvalue weighted by atomic mass is 16.4. The van der Waals surface area contributed by atoms with Crippen molar-refractivity contribution in [3.63, 3.8) is 0 Å². The molecule has 12 heavy (non-hydrogen) atoms. The summed E-state index contributed by atoms with van der Waals surface area (Å²) in [5.74, 6) is 1.56. The summed E-state index contributed by atoms with van der Waals surface area (Å²) in [7, 11) is 0. The highest BCUT2D eigenvalue weighted by Gasteiger charge is 1.97. The average molecular weight is 164 g/mol. The summed E-state index contributed by atoms with van der Waals surface area (Å²) >= 11 is 0. The van der Waals surface area contributed by atoms with Gasteiger partial charge in [0, 0.05) is 6.42 Å². The molecule has 0 atom stereocenters. The van der Waals surface area contributed by atoms with Gasteiger partial charge in [-0.2, -0.15) is 0 Å². The van der Waals surface area contributed by atoms with Gasteiger partial charge in [-0.15, -0.1) is 6.42 Å². The van der Waals surface area contributed by atoms with Gasteiger partial charge in [0.15, 0.2) is 0 Å². The zero-order valence-electron chi connectivity index (χ0n) is 7.08. The van der Waals surface area contributed by atoms with E-state index in [0.717, 1.165) is 5.57 Å². The molecule has 0 amide bonds. The van der Waals surface area contributed by atoms with Gasteiger partial charge in [0.05, 0.1) is 0 Å². The van der Waals surface area contributed by atoms with E-state index in [1.165, 1.54) is 0 Å². The Morgan fingerprint density at radius 1 is 1.58 bits per heavy atom. The maximum absolute atomic E-state index is 10.2. The number of aliphatic carboxylic acids is 1. The Morgan fingerprint density at radius 2 is 2.25 bits per heavy atom. The molecule has 0 rings (SSSR count). The lowest BCUT2D eigenvalue weighted by Crippen LogP contribution is -1.94. The standard InChI is InChI=1S/C10H12O2/c1-3-5-6-9(4-2)7-8-10(11)12/h1,4-6H,7-8H2,2H3,(H,11,12)/b6-5-,9-4+. The van der Waals surface area contributed by atoms with Crippen molar-refractivity contribution in [1.82, 2.24) is 0 Å². The molecule has 2 nitrogen and oxygen atoms in total. The number of carboxylic acids is 1. The number of hydrogen-bond acceptors (Lipinski definition) is 1. The minimum absolute atomic E-state index is 0.147. The summed E-state index contributed by atoms with van der Waals surface area (Å²) in [5, 5.41) is 8.39. The van der Waals surface area contributed by atoms with Crippen LogP contribution in [0.3, 0.4) is 0 Å². The van der Waals surface area contributed by atoms with E-state index < -0.39 is 5.97 Å². The van der Waals surface area contributed by atoms with Gasteiger partial charge < -0.3 is 5.11 Å². The molecule has 0 spiro atoms. The average Bonchev–Trinajstić information content (AvgIpc) is 2.05. The third-order valence-corrected chi connectivity index (χ3v) is 1.39. The van der Waals surface area contributed by atoms with E-state index in [1.54, 1.807) is 12.2 Å². The van der Waals surface area contributed by atoms with Gasteiger partial charge in [0.1, 0.15) is 0 Å². The molecule has 2 heteroatoms. The number of allylic oxidation sites excluding steroid dienone is 4. The Hall–Kier alpha value is -1.49. The van der Waals surface area contributed by atoms with Crippen LogP contribution in [0.25, 0.3) is 0 Å². The van der Waals surface area contributed by atoms with Crippen LogP contribution in [-0.4, -0.2) is 11.1 Å². The van der Waals surface area contributed by atoms with Gasteiger partial charge in [-0.1, -0.05) is 23.6 Å². The summed E-state index contributed by atoms with van der Waals surface area (Å²) in [6.07, 6.45) is 10.9. The van der Waals surface area contributed by atoms with Crippen LogP contribution in [0.1, 0.15) is 19.8 Å². The van der Waals surface area contributed by atoms with Gasteiger partial charge in [-0.3, -0.25) is 4.79 Å². The van der Waals surface area contributed by atoms with E-state index in [2.05, 4.69) is 5.92 Å². The lowest BCUT2D eigenvalue weighted by atomic mass is 10.1. The predicted molar refractivity (Wildman–Crippen MR) is 48.6 cm³/mol. The quantitative estimate of drug-likeness (QED) is 0.509. The largest absolute Gasteiger partial charge is 0.481 e. The zero-order valence-corrected chi connectivity index (χ0v) is 7.08. The van der Waals surface area contributed by atoms with Crippen molar-refractivity contribution >= 4 is 5.97 Å². The monoisotopic (exact) mass is 164 g/mol. The smallest absolute Gasteiger partial charge is 0.303 e. The molecule has 0 heterocycles. The van der Waals surface area contributed by atoms with Crippen LogP contribution >= 0.6 is 0 Å². The molecule has 0 radical (unpaired) electrons. The van der Waals surface area contributed by atoms with Gasteiger partial charge in [-0.05, 0) is 19.4 Å². The van der Waals surface area contributed by atoms with Crippen LogP contribution in [0.5, 0.6) is 0 Å². The van der Waals surface area contributed by atoms with Crippen LogP contribution in [-0.2, 0) is 4.79 Å². The minimum atomic E-state index is -0.788. The molecule has 0 unspecified atom stereocenters. The maximum Gasteiger partial charge on any atom is 0.303 e. The predicted octanol–water partition coefficient (Wildman–Crippen LogP) is 1.99. The van der Waals surface area contributed by atoms with Gasteiger partial charge in [-0.25, -0.2) is 0 Å². The lowest BCUT2D eigenvalue weighted by Gasteiger charge is -1.96. The first-order valence-corrected chi connectivity index (χ1v) is 3.70. The maximum atomic E-state index is 10.2. The Morgan fingerprint density at radius 3 is 2.67 bits per heavy atom. The molecule has 0 aromatic rings. The topological polar surface area (TPSA) is 37.3 Å². The van der Waals surface area contributed by atoms with Crippen molar-refractivity contribution in [2.75, 3.05) is 0 Å². The first kappa shape index (κ1) is 10.5. The molecule has 0 aliphatic carbocycles. The molecule has 64 valence electrons. The van der Waals surface area contributed by atoms with Gasteiger partial charge >= 0.3 is 5.97 Å². The van der Waals surface area contributed by atoms with Crippen LogP contribution in [0.15, 0.2) is 23.8 Å². The Labute approximate surface area is 72.6 Å². The fraction of sp³-hybridized carbons (Fsp3) is 0.300. The molecule has 0 aliphatic rings. The number of carbonyl (C=O) groups is 1. The molecule has 0 aromatic heterocycles. The molecule has 0 saturated heterocycles. The normalized spacial score (nSPS) is 11.5. The molecule has 0 aromatic carbocycles. The van der Waals surface area contributed by atoms with E-state index in [0.29, 0.717) is 6.42 Å². The van der Waals surface area contributed by atoms with Crippen LogP contribution in [0.4, 0.5) is 0 Å². The summed E-state index contributed by atoms with van der Waals surface area (Å²) in [4.78, 5) is 10.2. The highest BCUT2D eigenvalue weighted by Crippen LogP contribution is 2.06. The summed E-state index contributed by atoms with van der Waals surface area (Å²) in [5.41, 5.74) is 0.954. The number of terminal acetylenes is 1. The molecular formula is C10H12O2. The zero-order chi connectivity index (χ0) is 9.40. The minimum Gasteiger partial charge on any atom is -0.481 e. The second-order valence-electron chi connectivity index (χ2n) is 2.26. The molecule has 0 bridgehead atoms. The Kier molecular flexibility index (Phi) is 5.46. The molecule has 1 N–H and O–H groups in total. The van der Waals surface area contributed by atoms with E-state index in [9.17, 15) is 4.79 Å². The third-order valence-electron chi connectivity index (χ3n) is 1.39. The SMILES string of the molecule is C#C/C=C\C(=C/C)CCC(=O)O. The number of hydrogen-bond donors (Lipinski definition) is 1. The number of rotatable bonds is 4. The second-order valence-corrected chi connectivity index (χ2v) is 2.26. The fourth-order valence-electron chi connectivity index (χ4n) is 0.730. The van der Waals surface area contributed by atoms with Gasteiger partial charge in [0.25, 0.3) is 0 Å². The van der Waals surface area contributed by atoms with Crippen molar-refractivity contribution in [1.29, 1.82) is 0 Å². The van der Waals surface area contributed by atoms with Crippen molar-refractivity contribution in [3.8, 4) is 12.3 Å². The summed E-state index contributed by atoms with van der Waals surface area (Å²) in [6, 6.07) is 0. The molecular weight excluding hydrogens is 152 g/mol.